The molecule has 102 valence electrons. The predicted octanol–water partition coefficient (Wildman–Crippen LogP) is 1.19. The summed E-state index contributed by atoms with van der Waals surface area (Å²) in [7, 11) is 1.87. The number of nitrogen functional groups attached to an aromatic ring is 1. The van der Waals surface area contributed by atoms with Crippen LogP contribution in [0.25, 0.3) is 0 Å². The lowest BCUT2D eigenvalue weighted by molar-refractivity contribution is 0.306. The molecule has 3 N–H and O–H groups in total. The van der Waals surface area contributed by atoms with E-state index in [-0.39, 0.29) is 0 Å². The average Bonchev–Trinajstić information content (AvgIpc) is 2.82. The number of aromatic nitrogens is 4. The minimum Gasteiger partial charge on any atom is -0.476 e. The largest absolute Gasteiger partial charge is 0.476 e. The van der Waals surface area contributed by atoms with E-state index in [0.717, 1.165) is 12.1 Å². The van der Waals surface area contributed by atoms with Gasteiger partial charge in [0.2, 0.25) is 5.88 Å². The summed E-state index contributed by atoms with van der Waals surface area (Å²) in [6.07, 6.45) is 4.22. The van der Waals surface area contributed by atoms with Gasteiger partial charge in [-0.2, -0.15) is 10.1 Å². The molecule has 0 amide bonds. The molecule has 0 aliphatic heterocycles. The molecule has 0 aliphatic carbocycles. The van der Waals surface area contributed by atoms with Gasteiger partial charge < -0.3 is 15.8 Å². The van der Waals surface area contributed by atoms with Crippen molar-refractivity contribution in [3.8, 4) is 5.88 Å². The van der Waals surface area contributed by atoms with Gasteiger partial charge in [-0.1, -0.05) is 6.92 Å². The van der Waals surface area contributed by atoms with E-state index in [2.05, 4.69) is 20.4 Å². The molecule has 2 aromatic heterocycles. The molecule has 0 aromatic carbocycles. The van der Waals surface area contributed by atoms with Gasteiger partial charge in [0.15, 0.2) is 5.82 Å². The topological polar surface area (TPSA) is 90.9 Å². The van der Waals surface area contributed by atoms with Crippen LogP contribution in [0.15, 0.2) is 18.6 Å². The molecule has 0 spiro atoms. The molecule has 2 heterocycles. The van der Waals surface area contributed by atoms with E-state index in [1.807, 2.05) is 26.2 Å². The first-order valence-corrected chi connectivity index (χ1v) is 6.16. The fraction of sp³-hybridized carbons (Fsp3) is 0.417. The number of hydrogen-bond acceptors (Lipinski definition) is 6. The summed E-state index contributed by atoms with van der Waals surface area (Å²) in [6, 6.07) is 1.93. The third-order valence-electron chi connectivity index (χ3n) is 2.50. The summed E-state index contributed by atoms with van der Waals surface area (Å²) in [5.41, 5.74) is 7.29. The highest BCUT2D eigenvalue weighted by molar-refractivity contribution is 5.66. The van der Waals surface area contributed by atoms with E-state index in [0.29, 0.717) is 30.5 Å². The highest BCUT2D eigenvalue weighted by Crippen LogP contribution is 2.24. The summed E-state index contributed by atoms with van der Waals surface area (Å²) in [6.45, 7) is 3.16. The van der Waals surface area contributed by atoms with Gasteiger partial charge in [-0.05, 0) is 12.5 Å². The number of ether oxygens (including phenoxy) is 1. The number of hydrogen-bond donors (Lipinski definition) is 2. The Balaban J connectivity index is 2.03. The van der Waals surface area contributed by atoms with Gasteiger partial charge in [-0.3, -0.25) is 4.68 Å². The zero-order valence-corrected chi connectivity index (χ0v) is 11.1. The number of anilines is 2. The first kappa shape index (κ1) is 13.1. The van der Waals surface area contributed by atoms with Crippen LogP contribution in [0.3, 0.4) is 0 Å². The maximum absolute atomic E-state index is 5.96. The highest BCUT2D eigenvalue weighted by Gasteiger charge is 2.09. The second-order valence-corrected chi connectivity index (χ2v) is 4.12. The van der Waals surface area contributed by atoms with Crippen LogP contribution in [-0.4, -0.2) is 26.4 Å². The molecule has 0 fully saturated rings. The van der Waals surface area contributed by atoms with Crippen molar-refractivity contribution >= 4 is 11.5 Å². The molecule has 0 aliphatic rings. The normalized spacial score (nSPS) is 10.4. The van der Waals surface area contributed by atoms with Crippen molar-refractivity contribution in [2.45, 2.75) is 19.9 Å². The third-order valence-corrected chi connectivity index (χ3v) is 2.50. The number of nitrogens with zero attached hydrogens (tertiary/aromatic N) is 4. The summed E-state index contributed by atoms with van der Waals surface area (Å²) < 4.78 is 7.19. The van der Waals surface area contributed by atoms with Crippen molar-refractivity contribution < 1.29 is 4.74 Å². The van der Waals surface area contributed by atoms with Crippen LogP contribution < -0.4 is 15.8 Å². The van der Waals surface area contributed by atoms with Gasteiger partial charge >= 0.3 is 0 Å². The van der Waals surface area contributed by atoms with E-state index in [9.17, 15) is 0 Å². The Morgan fingerprint density at radius 1 is 1.42 bits per heavy atom. The van der Waals surface area contributed by atoms with E-state index >= 15 is 0 Å². The Hall–Kier alpha value is -2.31. The second-order valence-electron chi connectivity index (χ2n) is 4.12. The average molecular weight is 262 g/mol. The molecule has 0 radical (unpaired) electrons. The lowest BCUT2D eigenvalue weighted by Crippen LogP contribution is -2.08. The van der Waals surface area contributed by atoms with Crippen molar-refractivity contribution in [2.75, 3.05) is 17.7 Å². The molecule has 7 heteroatoms. The third kappa shape index (κ3) is 3.34. The molecule has 0 atom stereocenters. The van der Waals surface area contributed by atoms with E-state index in [4.69, 9.17) is 10.5 Å². The Morgan fingerprint density at radius 2 is 2.26 bits per heavy atom. The van der Waals surface area contributed by atoms with E-state index in [1.165, 1.54) is 6.33 Å². The smallest absolute Gasteiger partial charge is 0.242 e. The summed E-state index contributed by atoms with van der Waals surface area (Å²) in [4.78, 5) is 8.12. The molecule has 2 aromatic rings. The van der Waals surface area contributed by atoms with Gasteiger partial charge in [0.05, 0.1) is 18.8 Å². The van der Waals surface area contributed by atoms with Gasteiger partial charge in [-0.25, -0.2) is 4.98 Å². The SMILES string of the molecule is CCCOc1ncnc(NCc2ccn(C)n2)c1N. The van der Waals surface area contributed by atoms with Crippen molar-refractivity contribution in [1.29, 1.82) is 0 Å². The minimum absolute atomic E-state index is 0.417. The maximum atomic E-state index is 5.96. The molecule has 0 saturated carbocycles. The first-order chi connectivity index (χ1) is 9.20. The van der Waals surface area contributed by atoms with Gasteiger partial charge in [0.1, 0.15) is 12.0 Å². The van der Waals surface area contributed by atoms with Gasteiger partial charge in [0.25, 0.3) is 0 Å². The first-order valence-electron chi connectivity index (χ1n) is 6.16. The molecular weight excluding hydrogens is 244 g/mol. The fourth-order valence-corrected chi connectivity index (χ4v) is 1.57. The second kappa shape index (κ2) is 6.03. The zero-order chi connectivity index (χ0) is 13.7. The molecule has 0 bridgehead atoms. The summed E-state index contributed by atoms with van der Waals surface area (Å²) in [5.74, 6) is 0.979. The molecule has 19 heavy (non-hydrogen) atoms. The molecule has 0 saturated heterocycles. The monoisotopic (exact) mass is 262 g/mol. The Bertz CT molecular complexity index is 539. The maximum Gasteiger partial charge on any atom is 0.242 e. The number of nitrogens with two attached hydrogens (primary N) is 1. The number of nitrogens with one attached hydrogen (secondary N) is 1. The predicted molar refractivity (Wildman–Crippen MR) is 72.8 cm³/mol. The van der Waals surface area contributed by atoms with E-state index < -0.39 is 0 Å². The quantitative estimate of drug-likeness (QED) is 0.812. The lowest BCUT2D eigenvalue weighted by atomic mass is 10.4. The van der Waals surface area contributed by atoms with Crippen LogP contribution in [-0.2, 0) is 13.6 Å². The van der Waals surface area contributed by atoms with Gasteiger partial charge in [0, 0.05) is 13.2 Å². The van der Waals surface area contributed by atoms with Crippen LogP contribution in [0, 0.1) is 0 Å². The van der Waals surface area contributed by atoms with E-state index in [1.54, 1.807) is 4.68 Å². The zero-order valence-electron chi connectivity index (χ0n) is 11.1. The van der Waals surface area contributed by atoms with Crippen LogP contribution in [0.1, 0.15) is 19.0 Å². The van der Waals surface area contributed by atoms with Gasteiger partial charge in [-0.15, -0.1) is 0 Å². The van der Waals surface area contributed by atoms with Crippen LogP contribution in [0.4, 0.5) is 11.5 Å². The Kier molecular flexibility index (Phi) is 4.17. The Morgan fingerprint density at radius 3 is 2.95 bits per heavy atom. The lowest BCUT2D eigenvalue weighted by Gasteiger charge is -2.10. The fourth-order valence-electron chi connectivity index (χ4n) is 1.57. The number of rotatable bonds is 6. The van der Waals surface area contributed by atoms with Crippen LogP contribution >= 0.6 is 0 Å². The minimum atomic E-state index is 0.417. The summed E-state index contributed by atoms with van der Waals surface area (Å²) in [5, 5.41) is 7.39. The van der Waals surface area contributed by atoms with Crippen LogP contribution in [0.5, 0.6) is 5.88 Å². The Labute approximate surface area is 111 Å². The highest BCUT2D eigenvalue weighted by atomic mass is 16.5. The molecular formula is C12H18N6O. The molecule has 0 unspecified atom stereocenters. The standard InChI is InChI=1S/C12H18N6O/c1-3-6-19-12-10(13)11(15-8-16-12)14-7-9-4-5-18(2)17-9/h4-5,8H,3,6-7,13H2,1-2H3,(H,14,15,16). The number of aryl methyl sites for hydroxylation is 1. The van der Waals surface area contributed by atoms with Crippen molar-refractivity contribution in [1.82, 2.24) is 19.7 Å². The molecule has 7 nitrogen and oxygen atoms in total. The van der Waals surface area contributed by atoms with Crippen molar-refractivity contribution in [3.63, 3.8) is 0 Å². The van der Waals surface area contributed by atoms with Crippen LogP contribution in [0.2, 0.25) is 0 Å². The molecule has 2 rings (SSSR count). The van der Waals surface area contributed by atoms with Crippen molar-refractivity contribution in [3.05, 3.63) is 24.3 Å². The summed E-state index contributed by atoms with van der Waals surface area (Å²) >= 11 is 0. The van der Waals surface area contributed by atoms with Crippen molar-refractivity contribution in [2.24, 2.45) is 7.05 Å².